The molecule has 0 fully saturated rings. The molecule has 0 unspecified atom stereocenters. The van der Waals surface area contributed by atoms with Gasteiger partial charge in [0.15, 0.2) is 5.65 Å². The number of thiophene rings is 1. The van der Waals surface area contributed by atoms with Gasteiger partial charge in [-0.3, -0.25) is 4.79 Å². The fourth-order valence-corrected chi connectivity index (χ4v) is 3.66. The van der Waals surface area contributed by atoms with Gasteiger partial charge in [-0.2, -0.15) is 5.10 Å². The van der Waals surface area contributed by atoms with Crippen LogP contribution in [0.3, 0.4) is 0 Å². The summed E-state index contributed by atoms with van der Waals surface area (Å²) in [7, 11) is 0. The van der Waals surface area contributed by atoms with E-state index in [0.29, 0.717) is 30.2 Å². The van der Waals surface area contributed by atoms with Crippen LogP contribution in [-0.2, 0) is 13.1 Å². The molecule has 1 amide bonds. The quantitative estimate of drug-likeness (QED) is 0.484. The summed E-state index contributed by atoms with van der Waals surface area (Å²) in [6.07, 6.45) is 3.25. The Morgan fingerprint density at radius 3 is 2.89 bits per heavy atom. The summed E-state index contributed by atoms with van der Waals surface area (Å²) in [5, 5.41) is 13.9. The number of anilines is 1. The highest BCUT2D eigenvalue weighted by molar-refractivity contribution is 7.09. The van der Waals surface area contributed by atoms with Crippen LogP contribution in [0.1, 0.15) is 15.2 Å². The molecule has 0 saturated heterocycles. The Hall–Kier alpha value is -2.97. The first kappa shape index (κ1) is 18.4. The minimum absolute atomic E-state index is 0.213. The van der Waals surface area contributed by atoms with Crippen molar-refractivity contribution in [3.8, 4) is 0 Å². The van der Waals surface area contributed by atoms with Crippen LogP contribution < -0.4 is 10.6 Å². The van der Waals surface area contributed by atoms with Gasteiger partial charge in [-0.15, -0.1) is 11.3 Å². The van der Waals surface area contributed by atoms with E-state index in [-0.39, 0.29) is 5.91 Å². The van der Waals surface area contributed by atoms with Crippen molar-refractivity contribution >= 4 is 45.7 Å². The maximum absolute atomic E-state index is 12.2. The second kappa shape index (κ2) is 8.37. The van der Waals surface area contributed by atoms with Gasteiger partial charge in [0, 0.05) is 11.4 Å². The van der Waals surface area contributed by atoms with Gasteiger partial charge >= 0.3 is 0 Å². The van der Waals surface area contributed by atoms with Crippen molar-refractivity contribution in [1.82, 2.24) is 25.1 Å². The van der Waals surface area contributed by atoms with E-state index in [2.05, 4.69) is 31.8 Å². The van der Waals surface area contributed by atoms with Crippen LogP contribution in [0.25, 0.3) is 11.0 Å². The molecular formula is C19H17ClN6OS. The van der Waals surface area contributed by atoms with Crippen molar-refractivity contribution < 1.29 is 4.79 Å². The van der Waals surface area contributed by atoms with Crippen LogP contribution in [0.5, 0.6) is 0 Å². The molecular weight excluding hydrogens is 396 g/mol. The second-order valence-corrected chi connectivity index (χ2v) is 7.44. The molecule has 0 aliphatic heterocycles. The first-order chi connectivity index (χ1) is 13.7. The molecule has 28 heavy (non-hydrogen) atoms. The highest BCUT2D eigenvalue weighted by Gasteiger charge is 2.12. The molecule has 4 rings (SSSR count). The average molecular weight is 413 g/mol. The lowest BCUT2D eigenvalue weighted by Crippen LogP contribution is -2.27. The predicted octanol–water partition coefficient (Wildman–Crippen LogP) is 3.58. The minimum atomic E-state index is -0.213. The van der Waals surface area contributed by atoms with E-state index in [1.54, 1.807) is 46.5 Å². The fraction of sp³-hybridized carbons (Fsp3) is 0.158. The Kier molecular flexibility index (Phi) is 5.50. The number of rotatable bonds is 7. The zero-order valence-corrected chi connectivity index (χ0v) is 16.4. The number of hydrogen-bond donors (Lipinski definition) is 2. The molecule has 3 aromatic heterocycles. The lowest BCUT2D eigenvalue weighted by atomic mass is 10.2. The number of halogens is 1. The van der Waals surface area contributed by atoms with Crippen LogP contribution in [0.2, 0.25) is 5.02 Å². The molecule has 9 heteroatoms. The maximum atomic E-state index is 12.2. The molecule has 0 spiro atoms. The van der Waals surface area contributed by atoms with Gasteiger partial charge in [0.1, 0.15) is 12.1 Å². The number of nitrogens with zero attached hydrogens (tertiary/aromatic N) is 4. The summed E-state index contributed by atoms with van der Waals surface area (Å²) in [5.74, 6) is 0.528. The Balaban J connectivity index is 1.41. The lowest BCUT2D eigenvalue weighted by molar-refractivity contribution is 0.0952. The van der Waals surface area contributed by atoms with Crippen LogP contribution in [-0.4, -0.2) is 32.2 Å². The molecule has 0 bridgehead atoms. The van der Waals surface area contributed by atoms with E-state index in [4.69, 9.17) is 11.6 Å². The summed E-state index contributed by atoms with van der Waals surface area (Å²) < 4.78 is 1.75. The van der Waals surface area contributed by atoms with Gasteiger partial charge in [-0.1, -0.05) is 29.8 Å². The topological polar surface area (TPSA) is 84.7 Å². The smallest absolute Gasteiger partial charge is 0.252 e. The van der Waals surface area contributed by atoms with Gasteiger partial charge in [0.25, 0.3) is 5.91 Å². The van der Waals surface area contributed by atoms with Crippen LogP contribution in [0.15, 0.2) is 54.3 Å². The van der Waals surface area contributed by atoms with Crippen LogP contribution >= 0.6 is 22.9 Å². The summed E-state index contributed by atoms with van der Waals surface area (Å²) in [5.41, 5.74) is 1.17. The number of carbonyl (C=O) groups is 1. The van der Waals surface area contributed by atoms with Crippen LogP contribution in [0.4, 0.5) is 5.82 Å². The van der Waals surface area contributed by atoms with E-state index < -0.39 is 0 Å². The fourth-order valence-electron chi connectivity index (χ4n) is 2.80. The number of aromatic nitrogens is 4. The number of hydrogen-bond acceptors (Lipinski definition) is 6. The molecule has 7 nitrogen and oxygen atoms in total. The lowest BCUT2D eigenvalue weighted by Gasteiger charge is -2.08. The average Bonchev–Trinajstić information content (AvgIpc) is 3.37. The second-order valence-electron chi connectivity index (χ2n) is 6.00. The maximum Gasteiger partial charge on any atom is 0.252 e. The normalized spacial score (nSPS) is 10.9. The zero-order chi connectivity index (χ0) is 19.3. The van der Waals surface area contributed by atoms with Crippen molar-refractivity contribution in [3.05, 3.63) is 69.8 Å². The SMILES string of the molecule is O=C(NCCn1ncc2c(NCc3cccs3)ncnc21)c1ccccc1Cl. The van der Waals surface area contributed by atoms with Gasteiger partial charge in [-0.25, -0.2) is 14.6 Å². The molecule has 0 aliphatic rings. The van der Waals surface area contributed by atoms with E-state index in [9.17, 15) is 4.79 Å². The van der Waals surface area contributed by atoms with Crippen molar-refractivity contribution in [2.24, 2.45) is 0 Å². The highest BCUT2D eigenvalue weighted by atomic mass is 35.5. The first-order valence-corrected chi connectivity index (χ1v) is 9.93. The summed E-state index contributed by atoms with van der Waals surface area (Å²) >= 11 is 7.75. The molecule has 0 radical (unpaired) electrons. The van der Waals surface area contributed by atoms with E-state index >= 15 is 0 Å². The Bertz CT molecular complexity index is 1090. The number of fused-ring (bicyclic) bond motifs is 1. The predicted molar refractivity (Wildman–Crippen MR) is 111 cm³/mol. The highest BCUT2D eigenvalue weighted by Crippen LogP contribution is 2.20. The number of amides is 1. The number of carbonyl (C=O) groups excluding carboxylic acids is 1. The molecule has 4 aromatic rings. The molecule has 142 valence electrons. The van der Waals surface area contributed by atoms with Gasteiger partial charge in [-0.05, 0) is 23.6 Å². The molecule has 0 atom stereocenters. The zero-order valence-electron chi connectivity index (χ0n) is 14.8. The number of nitrogens with one attached hydrogen (secondary N) is 2. The monoisotopic (exact) mass is 412 g/mol. The van der Waals surface area contributed by atoms with Crippen LogP contribution in [0, 0.1) is 0 Å². The van der Waals surface area contributed by atoms with E-state index in [1.165, 1.54) is 11.2 Å². The number of benzene rings is 1. The summed E-state index contributed by atoms with van der Waals surface area (Å²) in [6.45, 7) is 1.59. The van der Waals surface area contributed by atoms with Crippen molar-refractivity contribution in [2.75, 3.05) is 11.9 Å². The van der Waals surface area contributed by atoms with Crippen molar-refractivity contribution in [2.45, 2.75) is 13.1 Å². The third kappa shape index (κ3) is 3.97. The van der Waals surface area contributed by atoms with Crippen molar-refractivity contribution in [1.29, 1.82) is 0 Å². The summed E-state index contributed by atoms with van der Waals surface area (Å²) in [4.78, 5) is 22.1. The van der Waals surface area contributed by atoms with E-state index in [1.807, 2.05) is 11.4 Å². The van der Waals surface area contributed by atoms with Gasteiger partial charge in [0.05, 0.1) is 35.3 Å². The molecule has 3 heterocycles. The molecule has 0 aliphatic carbocycles. The third-order valence-corrected chi connectivity index (χ3v) is 5.38. The molecule has 2 N–H and O–H groups in total. The Morgan fingerprint density at radius 2 is 2.07 bits per heavy atom. The Labute approximate surface area is 170 Å². The van der Waals surface area contributed by atoms with E-state index in [0.717, 1.165) is 16.9 Å². The Morgan fingerprint density at radius 1 is 1.18 bits per heavy atom. The first-order valence-electron chi connectivity index (χ1n) is 8.68. The minimum Gasteiger partial charge on any atom is -0.364 e. The van der Waals surface area contributed by atoms with Gasteiger partial charge in [0.2, 0.25) is 0 Å². The largest absolute Gasteiger partial charge is 0.364 e. The summed E-state index contributed by atoms with van der Waals surface area (Å²) in [6, 6.07) is 11.1. The molecule has 0 saturated carbocycles. The third-order valence-electron chi connectivity index (χ3n) is 4.17. The van der Waals surface area contributed by atoms with Gasteiger partial charge < -0.3 is 10.6 Å². The van der Waals surface area contributed by atoms with Crippen molar-refractivity contribution in [3.63, 3.8) is 0 Å². The molecule has 1 aromatic carbocycles. The standard InChI is InChI=1S/C19H17ClN6OS/c20-16-6-2-1-5-14(16)19(27)21-7-8-26-18-15(11-25-26)17(23-12-24-18)22-10-13-4-3-9-28-13/h1-6,9,11-12H,7-8,10H2,(H,21,27)(H,22,23,24).